The number of amides is 1. The summed E-state index contributed by atoms with van der Waals surface area (Å²) in [6, 6.07) is 2.97. The van der Waals surface area contributed by atoms with Gasteiger partial charge in [0.15, 0.2) is 15.5 Å². The second-order valence-corrected chi connectivity index (χ2v) is 6.09. The lowest BCUT2D eigenvalue weighted by atomic mass is 10.3. The van der Waals surface area contributed by atoms with Crippen molar-refractivity contribution in [3.8, 4) is 0 Å². The van der Waals surface area contributed by atoms with E-state index in [-0.39, 0.29) is 42.0 Å². The summed E-state index contributed by atoms with van der Waals surface area (Å²) in [6.45, 7) is 0.403. The fourth-order valence-electron chi connectivity index (χ4n) is 1.53. The summed E-state index contributed by atoms with van der Waals surface area (Å²) in [7, 11) is -2.99. The van der Waals surface area contributed by atoms with E-state index in [1.807, 2.05) is 0 Å². The van der Waals surface area contributed by atoms with Crippen LogP contribution in [0.5, 0.6) is 0 Å². The molecule has 0 unspecified atom stereocenters. The SMILES string of the molecule is Nc1ccc(C(=O)N2CCS(=O)(=O)CC2)nn1. The molecule has 0 atom stereocenters. The molecule has 1 saturated heterocycles. The number of rotatable bonds is 1. The third-order valence-corrected chi connectivity index (χ3v) is 4.15. The molecule has 0 spiro atoms. The molecule has 0 aromatic carbocycles. The van der Waals surface area contributed by atoms with Gasteiger partial charge in [-0.05, 0) is 12.1 Å². The maximum Gasteiger partial charge on any atom is 0.274 e. The predicted octanol–water partition coefficient (Wildman–Crippen LogP) is -1.07. The van der Waals surface area contributed by atoms with E-state index in [0.29, 0.717) is 0 Å². The first-order valence-electron chi connectivity index (χ1n) is 5.07. The number of hydrogen-bond acceptors (Lipinski definition) is 6. The zero-order valence-electron chi connectivity index (χ0n) is 9.04. The van der Waals surface area contributed by atoms with Crippen LogP contribution in [0.2, 0.25) is 0 Å². The van der Waals surface area contributed by atoms with Gasteiger partial charge < -0.3 is 10.6 Å². The minimum absolute atomic E-state index is 0.00113. The van der Waals surface area contributed by atoms with Crippen molar-refractivity contribution in [2.24, 2.45) is 0 Å². The summed E-state index contributed by atoms with van der Waals surface area (Å²) >= 11 is 0. The summed E-state index contributed by atoms with van der Waals surface area (Å²) in [6.07, 6.45) is 0. The molecule has 2 rings (SSSR count). The van der Waals surface area contributed by atoms with E-state index < -0.39 is 9.84 Å². The molecule has 1 fully saturated rings. The van der Waals surface area contributed by atoms with E-state index in [2.05, 4.69) is 10.2 Å². The Morgan fingerprint density at radius 3 is 2.41 bits per heavy atom. The monoisotopic (exact) mass is 256 g/mol. The maximum atomic E-state index is 11.9. The lowest BCUT2D eigenvalue weighted by Crippen LogP contribution is -2.44. The molecule has 0 saturated carbocycles. The van der Waals surface area contributed by atoms with Crippen molar-refractivity contribution in [1.82, 2.24) is 15.1 Å². The zero-order valence-corrected chi connectivity index (χ0v) is 9.85. The Morgan fingerprint density at radius 2 is 1.88 bits per heavy atom. The van der Waals surface area contributed by atoms with Crippen LogP contribution in [0.25, 0.3) is 0 Å². The highest BCUT2D eigenvalue weighted by atomic mass is 32.2. The molecule has 1 aliphatic rings. The molecule has 1 aromatic rings. The van der Waals surface area contributed by atoms with Crippen molar-refractivity contribution in [3.63, 3.8) is 0 Å². The van der Waals surface area contributed by atoms with Crippen molar-refractivity contribution in [1.29, 1.82) is 0 Å². The van der Waals surface area contributed by atoms with Gasteiger partial charge in [-0.15, -0.1) is 10.2 Å². The Bertz CT molecular complexity index is 512. The van der Waals surface area contributed by atoms with Crippen LogP contribution in [-0.2, 0) is 9.84 Å². The molecule has 1 aliphatic heterocycles. The van der Waals surface area contributed by atoms with Gasteiger partial charge in [-0.1, -0.05) is 0 Å². The minimum atomic E-state index is -2.99. The average molecular weight is 256 g/mol. The molecule has 0 aliphatic carbocycles. The fourth-order valence-corrected chi connectivity index (χ4v) is 2.74. The van der Waals surface area contributed by atoms with Gasteiger partial charge in [-0.3, -0.25) is 4.79 Å². The first-order valence-corrected chi connectivity index (χ1v) is 6.89. The predicted molar refractivity (Wildman–Crippen MR) is 61.0 cm³/mol. The largest absolute Gasteiger partial charge is 0.382 e. The number of hydrogen-bond donors (Lipinski definition) is 1. The van der Waals surface area contributed by atoms with E-state index >= 15 is 0 Å². The maximum absolute atomic E-state index is 11.9. The van der Waals surface area contributed by atoms with Crippen LogP contribution >= 0.6 is 0 Å². The van der Waals surface area contributed by atoms with Crippen LogP contribution < -0.4 is 5.73 Å². The molecule has 92 valence electrons. The van der Waals surface area contributed by atoms with E-state index in [1.165, 1.54) is 17.0 Å². The van der Waals surface area contributed by atoms with Gasteiger partial charge in [0.1, 0.15) is 5.82 Å². The van der Waals surface area contributed by atoms with Crippen LogP contribution in [0.15, 0.2) is 12.1 Å². The topological polar surface area (TPSA) is 106 Å². The standard InChI is InChI=1S/C9H12N4O3S/c10-8-2-1-7(11-12-8)9(14)13-3-5-17(15,16)6-4-13/h1-2H,3-6H2,(H2,10,12). The van der Waals surface area contributed by atoms with Gasteiger partial charge in [0.25, 0.3) is 5.91 Å². The molecule has 2 heterocycles. The molecule has 8 heteroatoms. The molecule has 1 aromatic heterocycles. The van der Waals surface area contributed by atoms with Crippen molar-refractivity contribution in [2.75, 3.05) is 30.3 Å². The van der Waals surface area contributed by atoms with Crippen LogP contribution in [-0.4, -0.2) is 54.0 Å². The summed E-state index contributed by atoms with van der Waals surface area (Å²) in [5.74, 6) is -0.0717. The second kappa shape index (κ2) is 4.28. The van der Waals surface area contributed by atoms with Gasteiger partial charge in [0.2, 0.25) is 0 Å². The number of nitrogens with zero attached hydrogens (tertiary/aromatic N) is 3. The third-order valence-electron chi connectivity index (χ3n) is 2.54. The highest BCUT2D eigenvalue weighted by molar-refractivity contribution is 7.91. The van der Waals surface area contributed by atoms with E-state index in [9.17, 15) is 13.2 Å². The average Bonchev–Trinajstić information content (AvgIpc) is 2.29. The lowest BCUT2D eigenvalue weighted by molar-refractivity contribution is 0.0763. The van der Waals surface area contributed by atoms with Gasteiger partial charge in [0, 0.05) is 13.1 Å². The number of anilines is 1. The van der Waals surface area contributed by atoms with Crippen molar-refractivity contribution in [2.45, 2.75) is 0 Å². The normalized spacial score (nSPS) is 18.9. The molecular formula is C9H12N4O3S. The van der Waals surface area contributed by atoms with Gasteiger partial charge in [-0.2, -0.15) is 0 Å². The summed E-state index contributed by atoms with van der Waals surface area (Å²) in [5, 5.41) is 7.26. The summed E-state index contributed by atoms with van der Waals surface area (Å²) in [4.78, 5) is 13.4. The zero-order chi connectivity index (χ0) is 12.5. The number of nitrogen functional groups attached to an aromatic ring is 1. The summed E-state index contributed by atoms with van der Waals surface area (Å²) in [5.41, 5.74) is 5.54. The Hall–Kier alpha value is -1.70. The number of nitrogens with two attached hydrogens (primary N) is 1. The number of carbonyl (C=O) groups is 1. The molecule has 7 nitrogen and oxygen atoms in total. The fraction of sp³-hybridized carbons (Fsp3) is 0.444. The molecule has 2 N–H and O–H groups in total. The van der Waals surface area contributed by atoms with E-state index in [4.69, 9.17) is 5.73 Å². The second-order valence-electron chi connectivity index (χ2n) is 3.79. The third kappa shape index (κ3) is 2.70. The van der Waals surface area contributed by atoms with Crippen LogP contribution in [0, 0.1) is 0 Å². The van der Waals surface area contributed by atoms with Gasteiger partial charge in [0.05, 0.1) is 11.5 Å². The van der Waals surface area contributed by atoms with Crippen LogP contribution in [0.3, 0.4) is 0 Å². The highest BCUT2D eigenvalue weighted by Crippen LogP contribution is 2.08. The highest BCUT2D eigenvalue weighted by Gasteiger charge is 2.26. The smallest absolute Gasteiger partial charge is 0.274 e. The minimum Gasteiger partial charge on any atom is -0.382 e. The lowest BCUT2D eigenvalue weighted by Gasteiger charge is -2.26. The van der Waals surface area contributed by atoms with E-state index in [0.717, 1.165) is 0 Å². The first kappa shape index (κ1) is 11.8. The van der Waals surface area contributed by atoms with Crippen molar-refractivity contribution >= 4 is 21.6 Å². The van der Waals surface area contributed by atoms with Gasteiger partial charge in [-0.25, -0.2) is 8.42 Å². The molecule has 17 heavy (non-hydrogen) atoms. The quantitative estimate of drug-likeness (QED) is 0.685. The number of aromatic nitrogens is 2. The number of carbonyl (C=O) groups excluding carboxylic acids is 1. The Morgan fingerprint density at radius 1 is 1.24 bits per heavy atom. The first-order chi connectivity index (χ1) is 7.98. The van der Waals surface area contributed by atoms with Crippen LogP contribution in [0.4, 0.5) is 5.82 Å². The van der Waals surface area contributed by atoms with Gasteiger partial charge >= 0.3 is 0 Å². The molecule has 0 bridgehead atoms. The Balaban J connectivity index is 2.09. The van der Waals surface area contributed by atoms with Crippen molar-refractivity contribution in [3.05, 3.63) is 17.8 Å². The molecule has 0 radical (unpaired) electrons. The molecule has 1 amide bonds. The number of sulfone groups is 1. The van der Waals surface area contributed by atoms with Crippen LogP contribution in [0.1, 0.15) is 10.5 Å². The summed E-state index contributed by atoms with van der Waals surface area (Å²) < 4.78 is 22.4. The van der Waals surface area contributed by atoms with E-state index in [1.54, 1.807) is 0 Å². The van der Waals surface area contributed by atoms with Crippen molar-refractivity contribution < 1.29 is 13.2 Å². The Labute approximate surface area is 98.5 Å². The Kier molecular flexibility index (Phi) is 2.97. The molecular weight excluding hydrogens is 244 g/mol.